The molecule has 0 fully saturated rings. The van der Waals surface area contributed by atoms with Crippen LogP contribution in [0.5, 0.6) is 0 Å². The number of fused-ring (bicyclic) bond motifs is 1. The highest BCUT2D eigenvalue weighted by molar-refractivity contribution is 6.33. The van der Waals surface area contributed by atoms with Gasteiger partial charge in [-0.2, -0.15) is 5.10 Å². The van der Waals surface area contributed by atoms with Crippen LogP contribution in [0.25, 0.3) is 10.8 Å². The number of ether oxygens (including phenoxy) is 1. The number of hydrogen-bond donors (Lipinski definition) is 2. The third-order valence-corrected chi connectivity index (χ3v) is 3.93. The lowest BCUT2D eigenvalue weighted by atomic mass is 10.1. The van der Waals surface area contributed by atoms with Crippen LogP contribution in [-0.2, 0) is 20.7 Å². The molecule has 7 nitrogen and oxygen atoms in total. The van der Waals surface area contributed by atoms with E-state index in [4.69, 9.17) is 16.3 Å². The van der Waals surface area contributed by atoms with Gasteiger partial charge in [0.1, 0.15) is 0 Å². The Hall–Kier alpha value is -3.19. The number of para-hydroxylation sites is 1. The van der Waals surface area contributed by atoms with Gasteiger partial charge in [-0.15, -0.1) is 0 Å². The fourth-order valence-electron chi connectivity index (χ4n) is 2.39. The molecule has 0 spiro atoms. The van der Waals surface area contributed by atoms with E-state index in [0.717, 1.165) is 0 Å². The highest BCUT2D eigenvalue weighted by Gasteiger charge is 2.13. The molecule has 2 aromatic carbocycles. The minimum Gasteiger partial charge on any atom is -0.455 e. The lowest BCUT2D eigenvalue weighted by Crippen LogP contribution is -2.22. The largest absolute Gasteiger partial charge is 0.455 e. The molecular weight excluding hydrogens is 358 g/mol. The van der Waals surface area contributed by atoms with Crippen LogP contribution < -0.4 is 10.9 Å². The summed E-state index contributed by atoms with van der Waals surface area (Å²) < 4.78 is 4.97. The van der Waals surface area contributed by atoms with Crippen LogP contribution in [0.4, 0.5) is 5.69 Å². The Morgan fingerprint density at radius 2 is 1.77 bits per heavy atom. The number of hydrogen-bond acceptors (Lipinski definition) is 5. The molecule has 1 amide bonds. The summed E-state index contributed by atoms with van der Waals surface area (Å²) in [6, 6.07) is 13.5. The van der Waals surface area contributed by atoms with E-state index in [-0.39, 0.29) is 12.0 Å². The van der Waals surface area contributed by atoms with Crippen LogP contribution in [0.2, 0.25) is 5.02 Å². The molecule has 0 unspecified atom stereocenters. The van der Waals surface area contributed by atoms with Crippen LogP contribution in [0.3, 0.4) is 0 Å². The standard InChI is InChI=1S/C18H14ClN3O4/c19-13-7-3-4-8-14(13)20-16(23)10-26-17(24)9-15-11-5-1-2-6-12(11)18(25)22-21-15/h1-8H,9-10H2,(H,20,23)(H,22,25). The van der Waals surface area contributed by atoms with Gasteiger partial charge in [-0.1, -0.05) is 41.9 Å². The number of nitrogens with one attached hydrogen (secondary N) is 2. The van der Waals surface area contributed by atoms with E-state index in [9.17, 15) is 14.4 Å². The predicted octanol–water partition coefficient (Wildman–Crippen LogP) is 2.30. The van der Waals surface area contributed by atoms with Crippen LogP contribution in [-0.4, -0.2) is 28.7 Å². The van der Waals surface area contributed by atoms with Crippen molar-refractivity contribution in [1.82, 2.24) is 10.2 Å². The fourth-order valence-corrected chi connectivity index (χ4v) is 2.57. The second-order valence-electron chi connectivity index (χ2n) is 5.41. The van der Waals surface area contributed by atoms with E-state index < -0.39 is 18.5 Å². The van der Waals surface area contributed by atoms with E-state index in [0.29, 0.717) is 27.2 Å². The molecule has 0 bridgehead atoms. The SMILES string of the molecule is O=C(COC(=O)Cc1n[nH]c(=O)c2ccccc12)Nc1ccccc1Cl. The maximum absolute atomic E-state index is 12.0. The number of carbonyl (C=O) groups excluding carboxylic acids is 2. The molecule has 0 atom stereocenters. The van der Waals surface area contributed by atoms with Gasteiger partial charge >= 0.3 is 5.97 Å². The summed E-state index contributed by atoms with van der Waals surface area (Å²) >= 11 is 5.95. The maximum Gasteiger partial charge on any atom is 0.312 e. The van der Waals surface area contributed by atoms with Crippen molar-refractivity contribution in [1.29, 1.82) is 0 Å². The first kappa shape index (κ1) is 17.6. The summed E-state index contributed by atoms with van der Waals surface area (Å²) in [7, 11) is 0. The summed E-state index contributed by atoms with van der Waals surface area (Å²) in [5.74, 6) is -1.14. The van der Waals surface area contributed by atoms with Crippen LogP contribution in [0.1, 0.15) is 5.69 Å². The number of benzene rings is 2. The van der Waals surface area contributed by atoms with Gasteiger partial charge in [0.15, 0.2) is 6.61 Å². The zero-order valence-corrected chi connectivity index (χ0v) is 14.2. The smallest absolute Gasteiger partial charge is 0.312 e. The quantitative estimate of drug-likeness (QED) is 0.670. The van der Waals surface area contributed by atoms with E-state index in [2.05, 4.69) is 15.5 Å². The Bertz CT molecular complexity index is 1030. The molecule has 0 saturated heterocycles. The zero-order chi connectivity index (χ0) is 18.5. The summed E-state index contributed by atoms with van der Waals surface area (Å²) in [5, 5.41) is 10.2. The number of halogens is 1. The Labute approximate surface area is 152 Å². The Morgan fingerprint density at radius 1 is 1.08 bits per heavy atom. The minimum absolute atomic E-state index is 0.170. The first-order valence-corrected chi connectivity index (χ1v) is 8.08. The van der Waals surface area contributed by atoms with Crippen LogP contribution >= 0.6 is 11.6 Å². The number of H-pyrrole nitrogens is 1. The molecule has 0 radical (unpaired) electrons. The first-order chi connectivity index (χ1) is 12.5. The number of rotatable bonds is 5. The zero-order valence-electron chi connectivity index (χ0n) is 13.5. The number of anilines is 1. The summed E-state index contributed by atoms with van der Waals surface area (Å²) in [6.07, 6.45) is -0.170. The second kappa shape index (κ2) is 7.79. The normalized spacial score (nSPS) is 10.5. The molecule has 0 saturated carbocycles. The van der Waals surface area contributed by atoms with Gasteiger partial charge in [0.25, 0.3) is 11.5 Å². The molecule has 3 rings (SSSR count). The van der Waals surface area contributed by atoms with Crippen molar-refractivity contribution in [2.75, 3.05) is 11.9 Å². The molecule has 1 heterocycles. The Balaban J connectivity index is 1.61. The van der Waals surface area contributed by atoms with E-state index in [1.165, 1.54) is 0 Å². The van der Waals surface area contributed by atoms with Crippen molar-refractivity contribution < 1.29 is 14.3 Å². The highest BCUT2D eigenvalue weighted by atomic mass is 35.5. The van der Waals surface area contributed by atoms with E-state index in [1.54, 1.807) is 48.5 Å². The van der Waals surface area contributed by atoms with Gasteiger partial charge in [-0.3, -0.25) is 14.4 Å². The average molecular weight is 372 g/mol. The van der Waals surface area contributed by atoms with Gasteiger partial charge in [0.05, 0.1) is 28.2 Å². The molecule has 1 aromatic heterocycles. The first-order valence-electron chi connectivity index (χ1n) is 7.71. The number of carbonyl (C=O) groups is 2. The summed E-state index contributed by atoms with van der Waals surface area (Å²) in [5.41, 5.74) is 0.469. The number of esters is 1. The van der Waals surface area contributed by atoms with Crippen LogP contribution in [0, 0.1) is 0 Å². The third kappa shape index (κ3) is 4.07. The van der Waals surface area contributed by atoms with Gasteiger partial charge in [-0.25, -0.2) is 5.10 Å². The molecule has 132 valence electrons. The number of aromatic nitrogens is 2. The van der Waals surface area contributed by atoms with E-state index in [1.807, 2.05) is 0 Å². The molecule has 26 heavy (non-hydrogen) atoms. The lowest BCUT2D eigenvalue weighted by Gasteiger charge is -2.08. The van der Waals surface area contributed by atoms with Crippen molar-refractivity contribution in [3.05, 3.63) is 69.6 Å². The van der Waals surface area contributed by atoms with Gasteiger partial charge < -0.3 is 10.1 Å². The highest BCUT2D eigenvalue weighted by Crippen LogP contribution is 2.20. The molecule has 8 heteroatoms. The van der Waals surface area contributed by atoms with Crippen molar-refractivity contribution in [2.24, 2.45) is 0 Å². The number of amides is 1. The second-order valence-corrected chi connectivity index (χ2v) is 5.82. The summed E-state index contributed by atoms with van der Waals surface area (Å²) in [4.78, 5) is 35.6. The fraction of sp³-hybridized carbons (Fsp3) is 0.111. The lowest BCUT2D eigenvalue weighted by molar-refractivity contribution is -0.146. The minimum atomic E-state index is -0.635. The summed E-state index contributed by atoms with van der Waals surface area (Å²) in [6.45, 7) is -0.453. The number of aromatic amines is 1. The third-order valence-electron chi connectivity index (χ3n) is 3.60. The molecule has 0 aliphatic heterocycles. The van der Waals surface area contributed by atoms with Crippen molar-refractivity contribution in [2.45, 2.75) is 6.42 Å². The predicted molar refractivity (Wildman–Crippen MR) is 97.1 cm³/mol. The van der Waals surface area contributed by atoms with Crippen molar-refractivity contribution >= 4 is 39.9 Å². The van der Waals surface area contributed by atoms with Crippen molar-refractivity contribution in [3.8, 4) is 0 Å². The Morgan fingerprint density at radius 3 is 2.54 bits per heavy atom. The molecule has 0 aliphatic rings. The monoisotopic (exact) mass is 371 g/mol. The van der Waals surface area contributed by atoms with E-state index >= 15 is 0 Å². The van der Waals surface area contributed by atoms with Gasteiger partial charge in [-0.05, 0) is 18.2 Å². The Kier molecular flexibility index (Phi) is 5.28. The molecular formula is C18H14ClN3O4. The molecule has 2 N–H and O–H groups in total. The average Bonchev–Trinajstić information content (AvgIpc) is 2.64. The number of nitrogens with zero attached hydrogens (tertiary/aromatic N) is 1. The van der Waals surface area contributed by atoms with Gasteiger partial charge in [0, 0.05) is 5.39 Å². The van der Waals surface area contributed by atoms with Crippen molar-refractivity contribution in [3.63, 3.8) is 0 Å². The topological polar surface area (TPSA) is 101 Å². The van der Waals surface area contributed by atoms with Gasteiger partial charge in [0.2, 0.25) is 0 Å². The maximum atomic E-state index is 12.0. The van der Waals surface area contributed by atoms with Crippen LogP contribution in [0.15, 0.2) is 53.3 Å². The molecule has 3 aromatic rings. The molecule has 0 aliphatic carbocycles.